The zero-order valence-electron chi connectivity index (χ0n) is 8.63. The Hall–Kier alpha value is 0.0400. The van der Waals surface area contributed by atoms with Crippen LogP contribution in [0.5, 0.6) is 0 Å². The van der Waals surface area contributed by atoms with E-state index in [1.807, 2.05) is 0 Å². The van der Waals surface area contributed by atoms with Crippen molar-refractivity contribution in [3.8, 4) is 0 Å². The predicted molar refractivity (Wildman–Crippen MR) is 50.7 cm³/mol. The largest absolute Gasteiger partial charge is 0.401 e. The number of halogens is 9. The van der Waals surface area contributed by atoms with Crippen LogP contribution in [-0.2, 0) is 14.3 Å². The molecule has 0 spiro atoms. The molecule has 0 aliphatic carbocycles. The highest BCUT2D eigenvalue weighted by Gasteiger charge is 2.83. The fourth-order valence-electron chi connectivity index (χ4n) is 1.01. The number of rotatable bonds is 3. The van der Waals surface area contributed by atoms with Crippen molar-refractivity contribution in [2.75, 3.05) is 0 Å². The summed E-state index contributed by atoms with van der Waals surface area (Å²) in [5.41, 5.74) is 0. The van der Waals surface area contributed by atoms with E-state index in [1.165, 1.54) is 0 Å². The maximum Gasteiger partial charge on any atom is 0.401 e. The lowest BCUT2D eigenvalue weighted by molar-refractivity contribution is -0.412. The van der Waals surface area contributed by atoms with E-state index in [1.54, 1.807) is 0 Å². The molecule has 0 amide bonds. The van der Waals surface area contributed by atoms with Crippen LogP contribution in [0.2, 0.25) is 0 Å². The minimum absolute atomic E-state index is 0.0459. The second kappa shape index (κ2) is 4.27. The van der Waals surface area contributed by atoms with Gasteiger partial charge in [0, 0.05) is 6.92 Å². The third-order valence-corrected chi connectivity index (χ3v) is 3.25. The Labute approximate surface area is 116 Å². The van der Waals surface area contributed by atoms with Crippen molar-refractivity contribution < 1.29 is 40.6 Å². The van der Waals surface area contributed by atoms with E-state index >= 15 is 0 Å². The summed E-state index contributed by atoms with van der Waals surface area (Å²) in [5.74, 6) is -13.9. The molecule has 1 heterocycles. The predicted octanol–water partition coefficient (Wildman–Crippen LogP) is 3.51. The fourth-order valence-corrected chi connectivity index (χ4v) is 1.42. The first-order valence-corrected chi connectivity index (χ1v) is 5.36. The fraction of sp³-hybridized carbons (Fsp3) is 0.857. The number of alkyl halides is 9. The van der Waals surface area contributed by atoms with E-state index in [9.17, 15) is 31.1 Å². The molecule has 112 valence electrons. The van der Waals surface area contributed by atoms with Crippen LogP contribution in [0, 0.1) is 0 Å². The molecule has 0 aromatic heterocycles. The molecule has 1 rings (SSSR count). The summed E-state index contributed by atoms with van der Waals surface area (Å²) >= 11 is 14.5. The van der Waals surface area contributed by atoms with Crippen LogP contribution in [-0.4, -0.2) is 33.5 Å². The Morgan fingerprint density at radius 2 is 1.47 bits per heavy atom. The van der Waals surface area contributed by atoms with Gasteiger partial charge in [-0.3, -0.25) is 14.3 Å². The van der Waals surface area contributed by atoms with E-state index in [0.29, 0.717) is 0 Å². The molecule has 3 nitrogen and oxygen atoms in total. The van der Waals surface area contributed by atoms with Crippen LogP contribution < -0.4 is 0 Å². The smallest absolute Gasteiger partial charge is 0.293 e. The molecule has 0 N–H and O–H groups in total. The van der Waals surface area contributed by atoms with Gasteiger partial charge in [-0.25, -0.2) is 0 Å². The maximum atomic E-state index is 13.6. The standard InChI is InChI=1S/C7H3Cl3F6O3/c1-2(17)3(11,12)4(13,14)7(16)18-5(8,9)6(10,15)19-7/h1H3. The van der Waals surface area contributed by atoms with Gasteiger partial charge in [-0.05, 0) is 11.6 Å². The SMILES string of the molecule is CC(=O)C(F)(F)C(F)(F)C1(F)OC(F)(Cl)C(Cl)(Cl)O1. The highest BCUT2D eigenvalue weighted by Crippen LogP contribution is 2.60. The van der Waals surface area contributed by atoms with E-state index < -0.39 is 33.5 Å². The molecular weight excluding hydrogens is 352 g/mol. The van der Waals surface area contributed by atoms with Crippen LogP contribution >= 0.6 is 34.8 Å². The molecule has 0 saturated carbocycles. The quantitative estimate of drug-likeness (QED) is 0.574. The third-order valence-electron chi connectivity index (χ3n) is 2.07. The molecular formula is C7H3Cl3F6O3. The molecule has 0 bridgehead atoms. The van der Waals surface area contributed by atoms with Crippen molar-refractivity contribution in [3.05, 3.63) is 0 Å². The lowest BCUT2D eigenvalue weighted by atomic mass is 10.1. The molecule has 0 radical (unpaired) electrons. The monoisotopic (exact) mass is 354 g/mol. The Morgan fingerprint density at radius 1 is 1.05 bits per heavy atom. The summed E-state index contributed by atoms with van der Waals surface area (Å²) in [6.45, 7) is 0.0459. The van der Waals surface area contributed by atoms with Crippen molar-refractivity contribution in [2.24, 2.45) is 0 Å². The van der Waals surface area contributed by atoms with Gasteiger partial charge in [-0.1, -0.05) is 23.2 Å². The van der Waals surface area contributed by atoms with Crippen molar-refractivity contribution in [3.63, 3.8) is 0 Å². The van der Waals surface area contributed by atoms with Gasteiger partial charge in [-0.15, -0.1) is 0 Å². The highest BCUT2D eigenvalue weighted by molar-refractivity contribution is 6.51. The molecule has 2 unspecified atom stereocenters. The number of carbonyl (C=O) groups excluding carboxylic acids is 1. The zero-order chi connectivity index (χ0) is 15.5. The van der Waals surface area contributed by atoms with Crippen molar-refractivity contribution in [1.82, 2.24) is 0 Å². The molecule has 0 aromatic rings. The number of ether oxygens (including phenoxy) is 2. The van der Waals surface area contributed by atoms with Gasteiger partial charge in [-0.2, -0.15) is 26.3 Å². The van der Waals surface area contributed by atoms with Gasteiger partial charge in [0.05, 0.1) is 0 Å². The van der Waals surface area contributed by atoms with Gasteiger partial charge < -0.3 is 0 Å². The lowest BCUT2D eigenvalue weighted by Crippen LogP contribution is -2.60. The molecule has 2 atom stereocenters. The molecule has 12 heteroatoms. The van der Waals surface area contributed by atoms with Crippen molar-refractivity contribution in [1.29, 1.82) is 0 Å². The topological polar surface area (TPSA) is 35.5 Å². The normalized spacial score (nSPS) is 35.5. The highest BCUT2D eigenvalue weighted by atomic mass is 35.5. The lowest BCUT2D eigenvalue weighted by Gasteiger charge is -2.31. The number of Topliss-reactive ketones (excluding diaryl/α,β-unsaturated/α-hetero) is 1. The Morgan fingerprint density at radius 3 is 1.74 bits per heavy atom. The van der Waals surface area contributed by atoms with Gasteiger partial charge in [0.1, 0.15) is 0 Å². The Balaban J connectivity index is 3.27. The van der Waals surface area contributed by atoms with Gasteiger partial charge in [0.25, 0.3) is 4.52 Å². The first-order chi connectivity index (χ1) is 8.11. The van der Waals surface area contributed by atoms with Crippen LogP contribution in [0.4, 0.5) is 26.3 Å². The minimum atomic E-state index is -5.94. The Bertz CT molecular complexity index is 397. The van der Waals surface area contributed by atoms with Crippen molar-refractivity contribution in [2.45, 2.75) is 34.6 Å². The second-order valence-electron chi connectivity index (χ2n) is 3.48. The van der Waals surface area contributed by atoms with Crippen LogP contribution in [0.15, 0.2) is 0 Å². The average Bonchev–Trinajstić information content (AvgIpc) is 2.30. The third kappa shape index (κ3) is 2.29. The first-order valence-electron chi connectivity index (χ1n) is 4.22. The first kappa shape index (κ1) is 17.1. The van der Waals surface area contributed by atoms with E-state index in [0.717, 1.165) is 0 Å². The summed E-state index contributed by atoms with van der Waals surface area (Å²) < 4.78 is 82.5. The summed E-state index contributed by atoms with van der Waals surface area (Å²) in [4.78, 5) is 10.4. The van der Waals surface area contributed by atoms with E-state index in [4.69, 9.17) is 34.8 Å². The zero-order valence-corrected chi connectivity index (χ0v) is 10.9. The Kier molecular flexibility index (Phi) is 3.84. The van der Waals surface area contributed by atoms with E-state index in [-0.39, 0.29) is 6.92 Å². The molecule has 1 aliphatic heterocycles. The van der Waals surface area contributed by atoms with E-state index in [2.05, 4.69) is 9.47 Å². The van der Waals surface area contributed by atoms with Crippen LogP contribution in [0.1, 0.15) is 6.92 Å². The van der Waals surface area contributed by atoms with Crippen LogP contribution in [0.3, 0.4) is 0 Å². The van der Waals surface area contributed by atoms with Crippen molar-refractivity contribution >= 4 is 40.6 Å². The molecule has 1 fully saturated rings. The molecule has 19 heavy (non-hydrogen) atoms. The van der Waals surface area contributed by atoms with Gasteiger partial charge in [0.2, 0.25) is 5.78 Å². The maximum absolute atomic E-state index is 13.6. The number of carbonyl (C=O) groups is 1. The number of hydrogen-bond acceptors (Lipinski definition) is 3. The summed E-state index contributed by atoms with van der Waals surface area (Å²) in [7, 11) is 0. The molecule has 1 saturated heterocycles. The summed E-state index contributed by atoms with van der Waals surface area (Å²) in [6.07, 6.45) is 0. The molecule has 1 aliphatic rings. The average molecular weight is 355 g/mol. The number of ketones is 1. The molecule has 0 aromatic carbocycles. The second-order valence-corrected chi connectivity index (χ2v) is 5.22. The van der Waals surface area contributed by atoms with Crippen LogP contribution in [0.25, 0.3) is 0 Å². The summed E-state index contributed by atoms with van der Waals surface area (Å²) in [6, 6.07) is -5.15. The minimum Gasteiger partial charge on any atom is -0.293 e. The van der Waals surface area contributed by atoms with Gasteiger partial charge in [0.15, 0.2) is 0 Å². The van der Waals surface area contributed by atoms with Gasteiger partial charge >= 0.3 is 23.2 Å². The summed E-state index contributed by atoms with van der Waals surface area (Å²) in [5, 5.41) is -4.08. The number of hydrogen-bond donors (Lipinski definition) is 0.